The zero-order chi connectivity index (χ0) is 13.0. The zero-order valence-corrected chi connectivity index (χ0v) is 10.1. The normalized spacial score (nSPS) is 10.6. The number of nitrogens with zero attached hydrogens (tertiary/aromatic N) is 4. The van der Waals surface area contributed by atoms with Gasteiger partial charge in [-0.25, -0.2) is 0 Å². The van der Waals surface area contributed by atoms with Crippen LogP contribution in [-0.4, -0.2) is 19.2 Å². The van der Waals surface area contributed by atoms with E-state index in [-0.39, 0.29) is 0 Å². The van der Waals surface area contributed by atoms with Gasteiger partial charge >= 0.3 is 0 Å². The second-order valence-corrected chi connectivity index (χ2v) is 3.64. The minimum absolute atomic E-state index is 0.432. The van der Waals surface area contributed by atoms with Crippen molar-refractivity contribution in [2.24, 2.45) is 5.11 Å². The lowest BCUT2D eigenvalue weighted by Crippen LogP contribution is -2.03. The average Bonchev–Trinajstić information content (AvgIpc) is 2.40. The van der Waals surface area contributed by atoms with E-state index in [2.05, 4.69) is 15.0 Å². The van der Waals surface area contributed by atoms with E-state index in [1.54, 1.807) is 32.5 Å². The number of fused-ring (bicyclic) bond motifs is 1. The second-order valence-electron chi connectivity index (χ2n) is 3.64. The third-order valence-electron chi connectivity index (χ3n) is 2.55. The van der Waals surface area contributed by atoms with Gasteiger partial charge in [-0.2, -0.15) is 0 Å². The molecule has 0 aliphatic rings. The zero-order valence-electron chi connectivity index (χ0n) is 10.1. The van der Waals surface area contributed by atoms with Crippen LogP contribution in [-0.2, 0) is 9.47 Å². The maximum atomic E-state index is 8.38. The summed E-state index contributed by atoms with van der Waals surface area (Å²) in [6.07, 6.45) is 1.25. The van der Waals surface area contributed by atoms with Gasteiger partial charge in [0, 0.05) is 42.0 Å². The quantitative estimate of drug-likeness (QED) is 0.357. The van der Waals surface area contributed by atoms with Crippen molar-refractivity contribution >= 4 is 16.6 Å². The van der Waals surface area contributed by atoms with Crippen LogP contribution in [0.5, 0.6) is 0 Å². The van der Waals surface area contributed by atoms with E-state index in [1.165, 1.54) is 0 Å². The van der Waals surface area contributed by atoms with Crippen LogP contribution in [0.25, 0.3) is 21.3 Å². The fourth-order valence-electron chi connectivity index (χ4n) is 1.74. The molecule has 0 radical (unpaired) electrons. The molecule has 6 nitrogen and oxygen atoms in total. The Labute approximate surface area is 104 Å². The molecule has 0 atom stereocenters. The van der Waals surface area contributed by atoms with Gasteiger partial charge in [0.2, 0.25) is 0 Å². The van der Waals surface area contributed by atoms with Crippen molar-refractivity contribution in [3.63, 3.8) is 0 Å². The summed E-state index contributed by atoms with van der Waals surface area (Å²) in [5, 5.41) is 4.47. The van der Waals surface area contributed by atoms with Gasteiger partial charge in [-0.05, 0) is 17.7 Å². The molecule has 0 amide bonds. The van der Waals surface area contributed by atoms with Crippen LogP contribution in [0.2, 0.25) is 0 Å². The van der Waals surface area contributed by atoms with Gasteiger partial charge in [-0.15, -0.1) is 0 Å². The van der Waals surface area contributed by atoms with Gasteiger partial charge < -0.3 is 9.47 Å². The van der Waals surface area contributed by atoms with E-state index < -0.39 is 6.29 Å². The van der Waals surface area contributed by atoms with Crippen molar-refractivity contribution in [1.29, 1.82) is 0 Å². The van der Waals surface area contributed by atoms with Gasteiger partial charge in [0.15, 0.2) is 6.29 Å². The van der Waals surface area contributed by atoms with Crippen LogP contribution in [0.1, 0.15) is 11.9 Å². The molecule has 92 valence electrons. The van der Waals surface area contributed by atoms with E-state index in [0.29, 0.717) is 5.69 Å². The predicted molar refractivity (Wildman–Crippen MR) is 67.3 cm³/mol. The highest BCUT2D eigenvalue weighted by Crippen LogP contribution is 2.24. The number of aromatic nitrogens is 1. The van der Waals surface area contributed by atoms with Crippen molar-refractivity contribution in [3.05, 3.63) is 46.5 Å². The molecular weight excluding hydrogens is 232 g/mol. The topological polar surface area (TPSA) is 80.1 Å². The number of hydrogen-bond acceptors (Lipinski definition) is 4. The third-order valence-corrected chi connectivity index (χ3v) is 2.55. The fourth-order valence-corrected chi connectivity index (χ4v) is 1.74. The molecule has 2 aromatic rings. The van der Waals surface area contributed by atoms with Crippen molar-refractivity contribution in [2.45, 2.75) is 6.29 Å². The Kier molecular flexibility index (Phi) is 3.74. The molecule has 1 aromatic heterocycles. The van der Waals surface area contributed by atoms with Crippen LogP contribution >= 0.6 is 0 Å². The summed E-state index contributed by atoms with van der Waals surface area (Å²) in [6.45, 7) is 0. The molecule has 18 heavy (non-hydrogen) atoms. The van der Waals surface area contributed by atoms with Crippen molar-refractivity contribution < 1.29 is 9.47 Å². The summed E-state index contributed by atoms with van der Waals surface area (Å²) in [5.74, 6) is 0. The molecule has 0 N–H and O–H groups in total. The molecule has 0 saturated heterocycles. The summed E-state index contributed by atoms with van der Waals surface area (Å²) >= 11 is 0. The van der Waals surface area contributed by atoms with Crippen LogP contribution in [0.4, 0.5) is 5.69 Å². The van der Waals surface area contributed by atoms with E-state index in [1.807, 2.05) is 12.1 Å². The molecule has 1 heterocycles. The summed E-state index contributed by atoms with van der Waals surface area (Å²) in [6, 6.07) is 7.24. The largest absolute Gasteiger partial charge is 0.352 e. The second kappa shape index (κ2) is 5.46. The van der Waals surface area contributed by atoms with E-state index in [4.69, 9.17) is 15.0 Å². The Morgan fingerprint density at radius 1 is 1.28 bits per heavy atom. The Hall–Kier alpha value is -2.14. The number of benzene rings is 1. The van der Waals surface area contributed by atoms with Gasteiger partial charge in [0.1, 0.15) is 0 Å². The van der Waals surface area contributed by atoms with E-state index in [0.717, 1.165) is 16.5 Å². The summed E-state index contributed by atoms with van der Waals surface area (Å²) in [5.41, 5.74) is 10.5. The van der Waals surface area contributed by atoms with Crippen molar-refractivity contribution in [3.8, 4) is 0 Å². The molecule has 2 rings (SSSR count). The Bertz CT molecular complexity index is 604. The first-order valence-corrected chi connectivity index (χ1v) is 5.29. The SMILES string of the molecule is COC(OC)c1cnc2cc(N=[N+]=[N-])ccc2c1. The molecular formula is C12H12N4O2. The summed E-state index contributed by atoms with van der Waals surface area (Å²) < 4.78 is 10.3. The number of hydrogen-bond donors (Lipinski definition) is 0. The lowest BCUT2D eigenvalue weighted by atomic mass is 10.1. The summed E-state index contributed by atoms with van der Waals surface area (Å²) in [7, 11) is 3.15. The molecule has 0 bridgehead atoms. The minimum Gasteiger partial charge on any atom is -0.352 e. The molecule has 0 aliphatic carbocycles. The van der Waals surface area contributed by atoms with Gasteiger partial charge in [0.25, 0.3) is 0 Å². The van der Waals surface area contributed by atoms with Crippen LogP contribution in [0, 0.1) is 0 Å². The maximum absolute atomic E-state index is 8.38. The number of azide groups is 1. The number of methoxy groups -OCH3 is 2. The smallest absolute Gasteiger partial charge is 0.184 e. The number of rotatable bonds is 4. The van der Waals surface area contributed by atoms with Gasteiger partial charge in [0.05, 0.1) is 5.52 Å². The van der Waals surface area contributed by atoms with Gasteiger partial charge in [-0.3, -0.25) is 4.98 Å². The molecule has 0 aliphatic heterocycles. The van der Waals surface area contributed by atoms with Gasteiger partial charge in [-0.1, -0.05) is 17.2 Å². The highest BCUT2D eigenvalue weighted by molar-refractivity contribution is 5.81. The average molecular weight is 244 g/mol. The number of pyridine rings is 1. The first kappa shape index (κ1) is 12.3. The van der Waals surface area contributed by atoms with E-state index >= 15 is 0 Å². The monoisotopic (exact) mass is 244 g/mol. The fraction of sp³-hybridized carbons (Fsp3) is 0.250. The molecule has 6 heteroatoms. The Morgan fingerprint density at radius 3 is 2.72 bits per heavy atom. The Balaban J connectivity index is 2.46. The standard InChI is InChI=1S/C12H12N4O2/c1-17-12(18-2)9-5-8-3-4-10(15-16-13)6-11(8)14-7-9/h3-7,12H,1-2H3. The highest BCUT2D eigenvalue weighted by atomic mass is 16.7. The van der Waals surface area contributed by atoms with Crippen LogP contribution < -0.4 is 0 Å². The maximum Gasteiger partial charge on any atom is 0.184 e. The van der Waals surface area contributed by atoms with Crippen LogP contribution in [0.3, 0.4) is 0 Å². The molecule has 0 spiro atoms. The number of ether oxygens (including phenoxy) is 2. The molecule has 1 aromatic carbocycles. The first-order valence-electron chi connectivity index (χ1n) is 5.29. The lowest BCUT2D eigenvalue weighted by Gasteiger charge is -2.13. The molecule has 0 unspecified atom stereocenters. The highest BCUT2D eigenvalue weighted by Gasteiger charge is 2.09. The van der Waals surface area contributed by atoms with Crippen molar-refractivity contribution in [1.82, 2.24) is 4.98 Å². The minimum atomic E-state index is -0.432. The lowest BCUT2D eigenvalue weighted by molar-refractivity contribution is -0.106. The first-order chi connectivity index (χ1) is 8.78. The van der Waals surface area contributed by atoms with Crippen LogP contribution in [0.15, 0.2) is 35.6 Å². The third kappa shape index (κ3) is 2.41. The summed E-state index contributed by atoms with van der Waals surface area (Å²) in [4.78, 5) is 7.04. The van der Waals surface area contributed by atoms with Crippen molar-refractivity contribution in [2.75, 3.05) is 14.2 Å². The molecule has 0 fully saturated rings. The predicted octanol–water partition coefficient (Wildman–Crippen LogP) is 3.47. The Morgan fingerprint density at radius 2 is 2.06 bits per heavy atom. The molecule has 0 saturated carbocycles. The van der Waals surface area contributed by atoms with E-state index in [9.17, 15) is 0 Å².